The Kier molecular flexibility index (Phi) is 3.94. The molecule has 26 heavy (non-hydrogen) atoms. The molecule has 0 unspecified atom stereocenters. The van der Waals surface area contributed by atoms with Gasteiger partial charge in [-0.05, 0) is 43.3 Å². The summed E-state index contributed by atoms with van der Waals surface area (Å²) in [7, 11) is 1.60. The first-order chi connectivity index (χ1) is 12.7. The average Bonchev–Trinajstić information content (AvgIpc) is 3.29. The van der Waals surface area contributed by atoms with E-state index in [0.717, 1.165) is 22.6 Å². The highest BCUT2D eigenvalue weighted by Crippen LogP contribution is 2.28. The van der Waals surface area contributed by atoms with Crippen LogP contribution in [0.15, 0.2) is 75.3 Å². The number of rotatable bonds is 3. The summed E-state index contributed by atoms with van der Waals surface area (Å²) in [5, 5.41) is 9.62. The SMILES string of the molecule is COc1ccc(C2=N/C(=C3\C(=O)ONN3c3ccc(C)cc3)N=N2)cc1. The van der Waals surface area contributed by atoms with Crippen LogP contribution in [-0.2, 0) is 9.63 Å². The smallest absolute Gasteiger partial charge is 0.380 e. The van der Waals surface area contributed by atoms with Crippen LogP contribution in [0.2, 0.25) is 0 Å². The highest BCUT2D eigenvalue weighted by molar-refractivity contribution is 6.02. The van der Waals surface area contributed by atoms with Crippen molar-refractivity contribution in [3.63, 3.8) is 0 Å². The molecule has 2 heterocycles. The van der Waals surface area contributed by atoms with Crippen molar-refractivity contribution in [3.8, 4) is 5.75 Å². The highest BCUT2D eigenvalue weighted by Gasteiger charge is 2.34. The molecule has 2 aliphatic heterocycles. The van der Waals surface area contributed by atoms with E-state index in [4.69, 9.17) is 9.57 Å². The summed E-state index contributed by atoms with van der Waals surface area (Å²) in [4.78, 5) is 21.5. The molecule has 0 aliphatic carbocycles. The number of benzene rings is 2. The average molecular weight is 349 g/mol. The van der Waals surface area contributed by atoms with E-state index in [-0.39, 0.29) is 11.5 Å². The van der Waals surface area contributed by atoms with Crippen molar-refractivity contribution in [1.29, 1.82) is 0 Å². The second kappa shape index (κ2) is 6.41. The standard InChI is InChI=1S/C18H15N5O3/c1-11-3-7-13(8-4-11)23-15(18(24)26-22-23)17-19-16(20-21-17)12-5-9-14(25-2)10-6-12/h3-10,22H,1-2H3/b17-15-. The maximum absolute atomic E-state index is 12.2. The van der Waals surface area contributed by atoms with Gasteiger partial charge in [0.2, 0.25) is 5.82 Å². The van der Waals surface area contributed by atoms with E-state index >= 15 is 0 Å². The molecule has 0 bridgehead atoms. The molecule has 0 atom stereocenters. The number of amidine groups is 1. The number of anilines is 1. The molecule has 2 aliphatic rings. The minimum Gasteiger partial charge on any atom is -0.497 e. The zero-order chi connectivity index (χ0) is 18.1. The molecular weight excluding hydrogens is 334 g/mol. The second-order valence-corrected chi connectivity index (χ2v) is 5.69. The molecule has 130 valence electrons. The van der Waals surface area contributed by atoms with Crippen molar-refractivity contribution in [2.75, 3.05) is 12.1 Å². The number of nitrogens with one attached hydrogen (secondary N) is 1. The monoisotopic (exact) mass is 349 g/mol. The van der Waals surface area contributed by atoms with Crippen LogP contribution >= 0.6 is 0 Å². The number of azo groups is 1. The molecule has 1 saturated heterocycles. The summed E-state index contributed by atoms with van der Waals surface area (Å²) in [6.45, 7) is 1.98. The molecule has 4 rings (SSSR count). The largest absolute Gasteiger partial charge is 0.497 e. The van der Waals surface area contributed by atoms with Gasteiger partial charge in [-0.25, -0.2) is 14.8 Å². The van der Waals surface area contributed by atoms with E-state index < -0.39 is 5.97 Å². The number of nitrogens with zero attached hydrogens (tertiary/aromatic N) is 4. The third kappa shape index (κ3) is 2.82. The first kappa shape index (κ1) is 16.0. The number of carbonyl (C=O) groups excluding carboxylic acids is 1. The molecule has 0 saturated carbocycles. The lowest BCUT2D eigenvalue weighted by Crippen LogP contribution is -2.29. The number of aliphatic imine (C=N–C) groups is 1. The van der Waals surface area contributed by atoms with Crippen molar-refractivity contribution in [2.45, 2.75) is 6.92 Å². The quantitative estimate of drug-likeness (QED) is 0.861. The fraction of sp³-hybridized carbons (Fsp3) is 0.111. The number of aryl methyl sites for hydroxylation is 1. The van der Waals surface area contributed by atoms with Crippen molar-refractivity contribution in [3.05, 3.63) is 71.2 Å². The number of carbonyl (C=O) groups is 1. The lowest BCUT2D eigenvalue weighted by atomic mass is 10.2. The summed E-state index contributed by atoms with van der Waals surface area (Å²) in [6.07, 6.45) is 0. The third-order valence-corrected chi connectivity index (χ3v) is 3.95. The molecule has 2 aromatic carbocycles. The molecule has 1 N–H and O–H groups in total. The van der Waals surface area contributed by atoms with E-state index in [1.54, 1.807) is 7.11 Å². The maximum atomic E-state index is 12.2. The molecular formula is C18H15N5O3. The lowest BCUT2D eigenvalue weighted by Gasteiger charge is -2.15. The summed E-state index contributed by atoms with van der Waals surface area (Å²) in [6, 6.07) is 14.9. The van der Waals surface area contributed by atoms with Crippen LogP contribution in [0, 0.1) is 6.92 Å². The number of hydrogen-bond acceptors (Lipinski definition) is 8. The molecule has 0 aromatic heterocycles. The van der Waals surface area contributed by atoms with Crippen LogP contribution in [0.5, 0.6) is 5.75 Å². The Morgan fingerprint density at radius 2 is 1.77 bits per heavy atom. The van der Waals surface area contributed by atoms with Crippen LogP contribution in [-0.4, -0.2) is 18.9 Å². The number of hydrogen-bond donors (Lipinski definition) is 1. The number of hydrazine groups is 1. The molecule has 2 aromatic rings. The van der Waals surface area contributed by atoms with Crippen LogP contribution in [0.4, 0.5) is 5.69 Å². The van der Waals surface area contributed by atoms with Crippen LogP contribution < -0.4 is 15.3 Å². The van der Waals surface area contributed by atoms with Gasteiger partial charge in [0.25, 0.3) is 0 Å². The molecule has 1 fully saturated rings. The van der Waals surface area contributed by atoms with Crippen molar-refractivity contribution in [2.24, 2.45) is 15.2 Å². The van der Waals surface area contributed by atoms with Gasteiger partial charge in [0.1, 0.15) is 5.75 Å². The van der Waals surface area contributed by atoms with Gasteiger partial charge in [-0.15, -0.1) is 10.2 Å². The Morgan fingerprint density at radius 1 is 1.04 bits per heavy atom. The van der Waals surface area contributed by atoms with Gasteiger partial charge in [0.15, 0.2) is 11.5 Å². The Bertz CT molecular complexity index is 946. The summed E-state index contributed by atoms with van der Waals surface area (Å²) in [5.74, 6) is 0.765. The predicted molar refractivity (Wildman–Crippen MR) is 94.3 cm³/mol. The highest BCUT2D eigenvalue weighted by atomic mass is 16.7. The first-order valence-electron chi connectivity index (χ1n) is 7.88. The summed E-state index contributed by atoms with van der Waals surface area (Å²) in [5.41, 5.74) is 5.36. The second-order valence-electron chi connectivity index (χ2n) is 5.69. The van der Waals surface area contributed by atoms with Gasteiger partial charge in [-0.3, -0.25) is 0 Å². The van der Waals surface area contributed by atoms with Crippen LogP contribution in [0.3, 0.4) is 0 Å². The Hall–Kier alpha value is -3.52. The van der Waals surface area contributed by atoms with Gasteiger partial charge in [-0.2, -0.15) is 0 Å². The van der Waals surface area contributed by atoms with Gasteiger partial charge in [0, 0.05) is 5.56 Å². The molecule has 0 radical (unpaired) electrons. The summed E-state index contributed by atoms with van der Waals surface area (Å²) < 4.78 is 5.14. The van der Waals surface area contributed by atoms with E-state index in [1.165, 1.54) is 5.01 Å². The molecule has 0 spiro atoms. The molecule has 0 amide bonds. The minimum atomic E-state index is -0.570. The van der Waals surface area contributed by atoms with Gasteiger partial charge < -0.3 is 9.57 Å². The maximum Gasteiger partial charge on any atom is 0.380 e. The minimum absolute atomic E-state index is 0.182. The number of methoxy groups -OCH3 is 1. The van der Waals surface area contributed by atoms with E-state index in [0.29, 0.717) is 5.84 Å². The van der Waals surface area contributed by atoms with Gasteiger partial charge in [-0.1, -0.05) is 23.3 Å². The van der Waals surface area contributed by atoms with E-state index in [9.17, 15) is 4.79 Å². The van der Waals surface area contributed by atoms with E-state index in [1.807, 2.05) is 55.5 Å². The fourth-order valence-electron chi connectivity index (χ4n) is 2.54. The number of ether oxygens (including phenoxy) is 1. The molecule has 8 heteroatoms. The predicted octanol–water partition coefficient (Wildman–Crippen LogP) is 2.87. The topological polar surface area (TPSA) is 87.9 Å². The van der Waals surface area contributed by atoms with E-state index in [2.05, 4.69) is 20.8 Å². The van der Waals surface area contributed by atoms with Crippen molar-refractivity contribution in [1.82, 2.24) is 5.59 Å². The normalized spacial score (nSPS) is 18.9. The zero-order valence-electron chi connectivity index (χ0n) is 14.1. The zero-order valence-corrected chi connectivity index (χ0v) is 14.1. The summed E-state index contributed by atoms with van der Waals surface area (Å²) >= 11 is 0. The van der Waals surface area contributed by atoms with Crippen LogP contribution in [0.1, 0.15) is 11.1 Å². The Labute approximate surface area is 149 Å². The van der Waals surface area contributed by atoms with Crippen molar-refractivity contribution >= 4 is 17.5 Å². The van der Waals surface area contributed by atoms with Gasteiger partial charge >= 0.3 is 5.97 Å². The van der Waals surface area contributed by atoms with Crippen molar-refractivity contribution < 1.29 is 14.4 Å². The van der Waals surface area contributed by atoms with Crippen LogP contribution in [0.25, 0.3) is 0 Å². The van der Waals surface area contributed by atoms with Gasteiger partial charge in [0.05, 0.1) is 12.8 Å². The first-order valence-corrected chi connectivity index (χ1v) is 7.88. The fourth-order valence-corrected chi connectivity index (χ4v) is 2.54. The Balaban J connectivity index is 1.70. The Morgan fingerprint density at radius 3 is 2.46 bits per heavy atom. The molecule has 8 nitrogen and oxygen atoms in total. The lowest BCUT2D eigenvalue weighted by molar-refractivity contribution is -0.140. The third-order valence-electron chi connectivity index (χ3n) is 3.95.